The molecule has 1 aliphatic rings. The van der Waals surface area contributed by atoms with Crippen molar-refractivity contribution in [2.45, 2.75) is 5.92 Å². The summed E-state index contributed by atoms with van der Waals surface area (Å²) in [7, 11) is 0. The third kappa shape index (κ3) is 1.70. The lowest BCUT2D eigenvalue weighted by Crippen LogP contribution is -2.08. The normalized spacial score (nSPS) is 13.2. The van der Waals surface area contributed by atoms with Crippen LogP contribution in [-0.2, 0) is 4.79 Å². The molecular formula is C14H2F8O. The van der Waals surface area contributed by atoms with Crippen molar-refractivity contribution >= 4 is 6.29 Å². The molecule has 0 spiro atoms. The standard InChI is InChI=1S/C14H2F8O/c15-7-3-2(1-23)4-6(5(3)9(17)13(21)11(7)19)10(18)14(22)12(20)8(4)16/h1-2H. The zero-order chi connectivity index (χ0) is 17.2. The van der Waals surface area contributed by atoms with Crippen molar-refractivity contribution in [3.8, 4) is 11.1 Å². The van der Waals surface area contributed by atoms with Gasteiger partial charge < -0.3 is 4.79 Å². The minimum absolute atomic E-state index is 0.246. The summed E-state index contributed by atoms with van der Waals surface area (Å²) in [5.41, 5.74) is -5.17. The fraction of sp³-hybridized carbons (Fsp3) is 0.0714. The summed E-state index contributed by atoms with van der Waals surface area (Å²) in [5, 5.41) is 0. The van der Waals surface area contributed by atoms with Gasteiger partial charge in [0.25, 0.3) is 0 Å². The minimum atomic E-state index is -2.36. The van der Waals surface area contributed by atoms with Gasteiger partial charge in [0.2, 0.25) is 0 Å². The van der Waals surface area contributed by atoms with Gasteiger partial charge in [0.05, 0.1) is 5.92 Å². The molecule has 0 aliphatic heterocycles. The second-order valence-electron chi connectivity index (χ2n) is 4.70. The average molecular weight is 338 g/mol. The van der Waals surface area contributed by atoms with Crippen LogP contribution in [0.3, 0.4) is 0 Å². The van der Waals surface area contributed by atoms with Crippen molar-refractivity contribution < 1.29 is 39.9 Å². The molecule has 0 amide bonds. The molecule has 0 unspecified atom stereocenters. The molecule has 9 heteroatoms. The highest BCUT2D eigenvalue weighted by molar-refractivity contribution is 5.89. The molecule has 0 N–H and O–H groups in total. The Labute approximate surface area is 122 Å². The molecule has 0 aromatic heterocycles. The summed E-state index contributed by atoms with van der Waals surface area (Å²) in [4.78, 5) is 11.0. The summed E-state index contributed by atoms with van der Waals surface area (Å²) >= 11 is 0. The van der Waals surface area contributed by atoms with Crippen molar-refractivity contribution in [1.29, 1.82) is 0 Å². The van der Waals surface area contributed by atoms with Crippen LogP contribution in [0.1, 0.15) is 17.0 Å². The third-order valence-corrected chi connectivity index (χ3v) is 3.61. The van der Waals surface area contributed by atoms with E-state index in [0.29, 0.717) is 0 Å². The number of hydrogen-bond donors (Lipinski definition) is 0. The first kappa shape index (κ1) is 15.4. The quantitative estimate of drug-likeness (QED) is 0.331. The Balaban J connectivity index is 2.59. The van der Waals surface area contributed by atoms with Crippen LogP contribution in [0.25, 0.3) is 11.1 Å². The first-order valence-electron chi connectivity index (χ1n) is 5.91. The van der Waals surface area contributed by atoms with Gasteiger partial charge in [-0.2, -0.15) is 0 Å². The van der Waals surface area contributed by atoms with Crippen LogP contribution in [-0.4, -0.2) is 6.29 Å². The van der Waals surface area contributed by atoms with E-state index in [1.807, 2.05) is 0 Å². The molecular weight excluding hydrogens is 336 g/mol. The van der Waals surface area contributed by atoms with Crippen LogP contribution in [0, 0.1) is 46.5 Å². The van der Waals surface area contributed by atoms with E-state index in [2.05, 4.69) is 0 Å². The number of carbonyl (C=O) groups excluding carboxylic acids is 1. The number of rotatable bonds is 1. The maximum absolute atomic E-state index is 13.9. The summed E-state index contributed by atoms with van der Waals surface area (Å²) < 4.78 is 109. The van der Waals surface area contributed by atoms with Gasteiger partial charge in [0.15, 0.2) is 46.5 Å². The number of hydrogen-bond acceptors (Lipinski definition) is 1. The Bertz CT molecular complexity index is 820. The minimum Gasteiger partial charge on any atom is -0.302 e. The number of carbonyl (C=O) groups is 1. The van der Waals surface area contributed by atoms with Gasteiger partial charge in [-0.05, 0) is 0 Å². The van der Waals surface area contributed by atoms with Gasteiger partial charge in [-0.15, -0.1) is 0 Å². The molecule has 3 rings (SSSR count). The lowest BCUT2D eigenvalue weighted by Gasteiger charge is -2.09. The summed E-state index contributed by atoms with van der Waals surface area (Å²) in [6, 6.07) is 0. The number of aldehydes is 1. The zero-order valence-corrected chi connectivity index (χ0v) is 10.6. The Morgan fingerprint density at radius 1 is 0.522 bits per heavy atom. The Hall–Kier alpha value is -2.45. The molecule has 1 aliphatic carbocycles. The van der Waals surface area contributed by atoms with Crippen molar-refractivity contribution in [3.05, 3.63) is 57.7 Å². The fourth-order valence-corrected chi connectivity index (χ4v) is 2.65. The lowest BCUT2D eigenvalue weighted by molar-refractivity contribution is -0.108. The van der Waals surface area contributed by atoms with Gasteiger partial charge in [-0.1, -0.05) is 0 Å². The first-order chi connectivity index (χ1) is 10.7. The second-order valence-corrected chi connectivity index (χ2v) is 4.70. The smallest absolute Gasteiger partial charge is 0.198 e. The van der Waals surface area contributed by atoms with Crippen molar-refractivity contribution in [1.82, 2.24) is 0 Å². The van der Waals surface area contributed by atoms with E-state index < -0.39 is 74.7 Å². The highest BCUT2D eigenvalue weighted by Gasteiger charge is 2.43. The molecule has 0 saturated carbocycles. The lowest BCUT2D eigenvalue weighted by atomic mass is 9.97. The van der Waals surface area contributed by atoms with Crippen LogP contribution < -0.4 is 0 Å². The van der Waals surface area contributed by atoms with Crippen LogP contribution >= 0.6 is 0 Å². The number of fused-ring (bicyclic) bond motifs is 3. The summed E-state index contributed by atoms with van der Waals surface area (Å²) in [5.74, 6) is -20.0. The predicted molar refractivity (Wildman–Crippen MR) is 59.4 cm³/mol. The van der Waals surface area contributed by atoms with Crippen LogP contribution in [0.15, 0.2) is 0 Å². The third-order valence-electron chi connectivity index (χ3n) is 3.61. The largest absolute Gasteiger partial charge is 0.302 e. The highest BCUT2D eigenvalue weighted by atomic mass is 19.2. The van der Waals surface area contributed by atoms with Crippen molar-refractivity contribution in [2.75, 3.05) is 0 Å². The SMILES string of the molecule is O=CC1c2c(F)c(F)c(F)c(F)c2-c2c(F)c(F)c(F)c(F)c21. The number of halogens is 8. The molecule has 0 radical (unpaired) electrons. The van der Waals surface area contributed by atoms with Crippen molar-refractivity contribution in [2.24, 2.45) is 0 Å². The Morgan fingerprint density at radius 2 is 0.826 bits per heavy atom. The first-order valence-corrected chi connectivity index (χ1v) is 5.91. The molecule has 1 nitrogen and oxygen atoms in total. The van der Waals surface area contributed by atoms with Crippen LogP contribution in [0.2, 0.25) is 0 Å². The van der Waals surface area contributed by atoms with Gasteiger partial charge >= 0.3 is 0 Å². The van der Waals surface area contributed by atoms with Gasteiger partial charge in [0, 0.05) is 22.3 Å². The van der Waals surface area contributed by atoms with Crippen LogP contribution in [0.4, 0.5) is 35.1 Å². The maximum atomic E-state index is 13.9. The monoisotopic (exact) mass is 338 g/mol. The van der Waals surface area contributed by atoms with Gasteiger partial charge in [-0.3, -0.25) is 0 Å². The molecule has 2 aromatic rings. The second kappa shape index (κ2) is 4.77. The molecule has 0 bridgehead atoms. The highest BCUT2D eigenvalue weighted by Crippen LogP contribution is 2.50. The van der Waals surface area contributed by atoms with Gasteiger partial charge in [0.1, 0.15) is 6.29 Å². The van der Waals surface area contributed by atoms with Crippen molar-refractivity contribution in [3.63, 3.8) is 0 Å². The zero-order valence-electron chi connectivity index (χ0n) is 10.6. The topological polar surface area (TPSA) is 17.1 Å². The van der Waals surface area contributed by atoms with E-state index in [9.17, 15) is 39.9 Å². The van der Waals surface area contributed by atoms with E-state index in [4.69, 9.17) is 0 Å². The van der Waals surface area contributed by atoms with E-state index >= 15 is 0 Å². The number of benzene rings is 2. The molecule has 0 fully saturated rings. The predicted octanol–water partition coefficient (Wildman–Crippen LogP) is 4.11. The Kier molecular flexibility index (Phi) is 3.20. The van der Waals surface area contributed by atoms with E-state index in [1.54, 1.807) is 0 Å². The average Bonchev–Trinajstić information content (AvgIpc) is 2.89. The molecule has 0 atom stereocenters. The molecule has 0 heterocycles. The fourth-order valence-electron chi connectivity index (χ4n) is 2.65. The molecule has 23 heavy (non-hydrogen) atoms. The Morgan fingerprint density at radius 3 is 1.13 bits per heavy atom. The molecule has 0 saturated heterocycles. The summed E-state index contributed by atoms with van der Waals surface area (Å²) in [6.07, 6.45) is -0.246. The van der Waals surface area contributed by atoms with E-state index in [-0.39, 0.29) is 6.29 Å². The summed E-state index contributed by atoms with van der Waals surface area (Å²) in [6.45, 7) is 0. The maximum Gasteiger partial charge on any atom is 0.198 e. The molecule has 2 aromatic carbocycles. The van der Waals surface area contributed by atoms with Crippen LogP contribution in [0.5, 0.6) is 0 Å². The molecule has 120 valence electrons. The van der Waals surface area contributed by atoms with Gasteiger partial charge in [-0.25, -0.2) is 35.1 Å². The van der Waals surface area contributed by atoms with E-state index in [1.165, 1.54) is 0 Å². The van der Waals surface area contributed by atoms with E-state index in [0.717, 1.165) is 0 Å².